The monoisotopic (exact) mass is 335 g/mol. The molecule has 0 heterocycles. The van der Waals surface area contributed by atoms with E-state index in [0.717, 1.165) is 0 Å². The van der Waals surface area contributed by atoms with E-state index in [0.29, 0.717) is 5.56 Å². The molecule has 0 fully saturated rings. The molecule has 1 rings (SSSR count). The van der Waals surface area contributed by atoms with Gasteiger partial charge in [-0.15, -0.1) is 0 Å². The topological polar surface area (TPSA) is 84.9 Å². The van der Waals surface area contributed by atoms with Gasteiger partial charge in [-0.25, -0.2) is 4.79 Å². The van der Waals surface area contributed by atoms with E-state index in [2.05, 4.69) is 10.1 Å². The lowest BCUT2D eigenvalue weighted by Crippen LogP contribution is -2.29. The van der Waals surface area contributed by atoms with Crippen LogP contribution in [0.2, 0.25) is 0 Å². The summed E-state index contributed by atoms with van der Waals surface area (Å²) < 4.78 is 45.5. The van der Waals surface area contributed by atoms with Crippen molar-refractivity contribution >= 4 is 11.9 Å². The second-order valence-electron chi connectivity index (χ2n) is 4.52. The van der Waals surface area contributed by atoms with Gasteiger partial charge < -0.3 is 19.9 Å². The molecule has 2 N–H and O–H groups in total. The third-order valence-electron chi connectivity index (χ3n) is 2.46. The first-order chi connectivity index (χ1) is 10.8. The number of hydrogen-bond donors (Lipinski definition) is 2. The summed E-state index contributed by atoms with van der Waals surface area (Å²) in [6.45, 7) is -1.67. The maximum Gasteiger partial charge on any atom is 0.422 e. The van der Waals surface area contributed by atoms with Crippen LogP contribution in [0.25, 0.3) is 0 Å². The number of carbonyl (C=O) groups is 2. The number of carboxylic acids is 1. The molecule has 0 aliphatic heterocycles. The minimum atomic E-state index is -4.43. The van der Waals surface area contributed by atoms with Gasteiger partial charge in [0, 0.05) is 6.54 Å². The van der Waals surface area contributed by atoms with Crippen LogP contribution in [0.1, 0.15) is 5.56 Å². The van der Waals surface area contributed by atoms with Crippen molar-refractivity contribution in [2.24, 2.45) is 0 Å². The van der Waals surface area contributed by atoms with Gasteiger partial charge in [0.05, 0.1) is 13.0 Å². The van der Waals surface area contributed by atoms with E-state index in [4.69, 9.17) is 9.84 Å². The standard InChI is InChI=1S/C14H16F3NO5/c15-14(16,17)9-23-11-3-1-2-10(6-11)7-12(19)18-4-5-22-8-13(20)21/h1-3,6H,4-5,7-9H2,(H,18,19)(H,20,21). The van der Waals surface area contributed by atoms with Gasteiger partial charge in [0.15, 0.2) is 6.61 Å². The maximum absolute atomic E-state index is 12.1. The summed E-state index contributed by atoms with van der Waals surface area (Å²) in [6, 6.07) is 5.80. The summed E-state index contributed by atoms with van der Waals surface area (Å²) in [5, 5.41) is 10.8. The Balaban J connectivity index is 2.35. The van der Waals surface area contributed by atoms with Gasteiger partial charge in [-0.3, -0.25) is 4.79 Å². The molecule has 9 heteroatoms. The number of ether oxygens (including phenoxy) is 2. The highest BCUT2D eigenvalue weighted by molar-refractivity contribution is 5.78. The zero-order valence-electron chi connectivity index (χ0n) is 12.1. The van der Waals surface area contributed by atoms with E-state index in [1.54, 1.807) is 6.07 Å². The molecule has 0 saturated heterocycles. The third kappa shape index (κ3) is 9.35. The summed E-state index contributed by atoms with van der Waals surface area (Å²) >= 11 is 0. The third-order valence-corrected chi connectivity index (χ3v) is 2.46. The van der Waals surface area contributed by atoms with Crippen LogP contribution in [-0.4, -0.2) is 49.5 Å². The number of nitrogens with one attached hydrogen (secondary N) is 1. The average Bonchev–Trinajstić information content (AvgIpc) is 2.44. The van der Waals surface area contributed by atoms with Crippen molar-refractivity contribution in [2.75, 3.05) is 26.4 Å². The summed E-state index contributed by atoms with van der Waals surface area (Å²) in [6.07, 6.45) is -4.47. The Morgan fingerprint density at radius 1 is 1.26 bits per heavy atom. The Bertz CT molecular complexity index is 533. The van der Waals surface area contributed by atoms with Gasteiger partial charge in [0.2, 0.25) is 5.91 Å². The molecular weight excluding hydrogens is 319 g/mol. The summed E-state index contributed by atoms with van der Waals surface area (Å²) in [7, 11) is 0. The highest BCUT2D eigenvalue weighted by Crippen LogP contribution is 2.19. The minimum Gasteiger partial charge on any atom is -0.484 e. The van der Waals surface area contributed by atoms with Crippen molar-refractivity contribution in [3.05, 3.63) is 29.8 Å². The largest absolute Gasteiger partial charge is 0.484 e. The van der Waals surface area contributed by atoms with Crippen molar-refractivity contribution in [1.29, 1.82) is 0 Å². The molecule has 1 amide bonds. The Morgan fingerprint density at radius 3 is 2.65 bits per heavy atom. The van der Waals surface area contributed by atoms with Crippen molar-refractivity contribution in [3.63, 3.8) is 0 Å². The predicted octanol–water partition coefficient (Wildman–Crippen LogP) is 1.39. The van der Waals surface area contributed by atoms with Crippen LogP contribution in [0.3, 0.4) is 0 Å². The Hall–Kier alpha value is -2.29. The van der Waals surface area contributed by atoms with E-state index in [1.807, 2.05) is 0 Å². The van der Waals surface area contributed by atoms with Crippen LogP contribution in [0.15, 0.2) is 24.3 Å². The molecule has 0 aromatic heterocycles. The zero-order valence-corrected chi connectivity index (χ0v) is 12.1. The van der Waals surface area contributed by atoms with Crippen LogP contribution in [-0.2, 0) is 20.7 Å². The van der Waals surface area contributed by atoms with E-state index in [-0.39, 0.29) is 31.2 Å². The molecule has 0 aliphatic rings. The number of rotatable bonds is 9. The molecule has 128 valence electrons. The van der Waals surface area contributed by atoms with Gasteiger partial charge in [-0.1, -0.05) is 12.1 Å². The maximum atomic E-state index is 12.1. The number of amides is 1. The Morgan fingerprint density at radius 2 is 2.00 bits per heavy atom. The van der Waals surface area contributed by atoms with Crippen molar-refractivity contribution < 1.29 is 37.3 Å². The second-order valence-corrected chi connectivity index (χ2v) is 4.52. The fraction of sp³-hybridized carbons (Fsp3) is 0.429. The van der Waals surface area contributed by atoms with Gasteiger partial charge in [-0.2, -0.15) is 13.2 Å². The average molecular weight is 335 g/mol. The lowest BCUT2D eigenvalue weighted by Gasteiger charge is -2.10. The first-order valence-corrected chi connectivity index (χ1v) is 6.61. The van der Waals surface area contributed by atoms with Crippen molar-refractivity contribution in [3.8, 4) is 5.75 Å². The Kier molecular flexibility index (Phi) is 7.33. The summed E-state index contributed by atoms with van der Waals surface area (Å²) in [5.41, 5.74) is 0.494. The predicted molar refractivity (Wildman–Crippen MR) is 73.2 cm³/mol. The SMILES string of the molecule is O=C(O)COCCNC(=O)Cc1cccc(OCC(F)(F)F)c1. The van der Waals surface area contributed by atoms with E-state index in [1.165, 1.54) is 18.2 Å². The van der Waals surface area contributed by atoms with Crippen LogP contribution < -0.4 is 10.1 Å². The second kappa shape index (κ2) is 8.99. The molecule has 0 unspecified atom stereocenters. The molecule has 0 aliphatic carbocycles. The number of hydrogen-bond acceptors (Lipinski definition) is 4. The quantitative estimate of drug-likeness (QED) is 0.666. The van der Waals surface area contributed by atoms with E-state index < -0.39 is 25.4 Å². The molecule has 0 spiro atoms. The lowest BCUT2D eigenvalue weighted by molar-refractivity contribution is -0.153. The molecule has 1 aromatic carbocycles. The summed E-state index contributed by atoms with van der Waals surface area (Å²) in [4.78, 5) is 21.8. The zero-order chi connectivity index (χ0) is 17.3. The molecule has 23 heavy (non-hydrogen) atoms. The van der Waals surface area contributed by atoms with Crippen LogP contribution in [0.5, 0.6) is 5.75 Å². The van der Waals surface area contributed by atoms with Gasteiger partial charge in [-0.05, 0) is 17.7 Å². The number of alkyl halides is 3. The number of carbonyl (C=O) groups excluding carboxylic acids is 1. The molecule has 0 saturated carbocycles. The summed E-state index contributed by atoms with van der Waals surface area (Å²) in [5.74, 6) is -1.44. The number of carboxylic acid groups (broad SMARTS) is 1. The number of halogens is 3. The van der Waals surface area contributed by atoms with Crippen LogP contribution >= 0.6 is 0 Å². The smallest absolute Gasteiger partial charge is 0.422 e. The number of aliphatic carboxylic acids is 1. The number of benzene rings is 1. The normalized spacial score (nSPS) is 11.1. The van der Waals surface area contributed by atoms with Crippen molar-refractivity contribution in [2.45, 2.75) is 12.6 Å². The van der Waals surface area contributed by atoms with E-state index >= 15 is 0 Å². The highest BCUT2D eigenvalue weighted by atomic mass is 19.4. The first-order valence-electron chi connectivity index (χ1n) is 6.61. The van der Waals surface area contributed by atoms with Crippen LogP contribution in [0, 0.1) is 0 Å². The highest BCUT2D eigenvalue weighted by Gasteiger charge is 2.28. The molecule has 0 bridgehead atoms. The molecule has 1 aromatic rings. The molecule has 6 nitrogen and oxygen atoms in total. The first kappa shape index (κ1) is 18.8. The van der Waals surface area contributed by atoms with Crippen molar-refractivity contribution in [1.82, 2.24) is 5.32 Å². The lowest BCUT2D eigenvalue weighted by atomic mass is 10.1. The van der Waals surface area contributed by atoms with E-state index in [9.17, 15) is 22.8 Å². The van der Waals surface area contributed by atoms with Crippen LogP contribution in [0.4, 0.5) is 13.2 Å². The minimum absolute atomic E-state index is 0.0254. The molecular formula is C14H16F3NO5. The fourth-order valence-electron chi connectivity index (χ4n) is 1.58. The Labute approximate surface area is 130 Å². The van der Waals surface area contributed by atoms with Gasteiger partial charge in [0.25, 0.3) is 0 Å². The van der Waals surface area contributed by atoms with Gasteiger partial charge in [0.1, 0.15) is 12.4 Å². The molecule has 0 radical (unpaired) electrons. The van der Waals surface area contributed by atoms with Gasteiger partial charge >= 0.3 is 12.1 Å². The molecule has 0 atom stereocenters. The fourth-order valence-corrected chi connectivity index (χ4v) is 1.58.